The summed E-state index contributed by atoms with van der Waals surface area (Å²) in [5, 5.41) is 18.9. The second-order valence-corrected chi connectivity index (χ2v) is 8.63. The molecule has 0 bridgehead atoms. The zero-order chi connectivity index (χ0) is 26.8. The Morgan fingerprint density at radius 3 is 1.89 bits per heavy atom. The van der Waals surface area contributed by atoms with E-state index < -0.39 is 23.8 Å². The molecule has 194 valence electrons. The number of hydrogen-bond donors (Lipinski definition) is 6. The summed E-state index contributed by atoms with van der Waals surface area (Å²) in [7, 11) is 0. The van der Waals surface area contributed by atoms with E-state index in [0.29, 0.717) is 32.4 Å². The fraction of sp³-hybridized carbons (Fsp3) is 0.259. The number of phenols is 1. The monoisotopic (exact) mass is 505 g/mol. The molecule has 0 saturated carbocycles. The zero-order valence-corrected chi connectivity index (χ0v) is 20.3. The molecule has 0 aliphatic rings. The van der Waals surface area contributed by atoms with Gasteiger partial charge >= 0.3 is 0 Å². The Morgan fingerprint density at radius 1 is 0.784 bits per heavy atom. The van der Waals surface area contributed by atoms with E-state index in [-0.39, 0.29) is 29.3 Å². The summed E-state index contributed by atoms with van der Waals surface area (Å²) in [5.74, 6) is -1.80. The average molecular weight is 506 g/mol. The van der Waals surface area contributed by atoms with E-state index in [9.17, 15) is 24.3 Å². The third-order valence-corrected chi connectivity index (χ3v) is 5.72. The molecule has 3 aromatic rings. The van der Waals surface area contributed by atoms with Crippen LogP contribution < -0.4 is 27.4 Å². The number of aromatic hydroxyl groups is 1. The third-order valence-electron chi connectivity index (χ3n) is 5.72. The maximum Gasteiger partial charge on any atom is 0.252 e. The van der Waals surface area contributed by atoms with Crippen molar-refractivity contribution in [2.45, 2.75) is 25.3 Å². The van der Waals surface area contributed by atoms with E-state index in [1.807, 2.05) is 24.3 Å². The van der Waals surface area contributed by atoms with Crippen molar-refractivity contribution >= 4 is 34.4 Å². The molecular weight excluding hydrogens is 474 g/mol. The maximum atomic E-state index is 12.9. The number of unbranched alkanes of at least 4 members (excludes halogenated alkanes) is 1. The summed E-state index contributed by atoms with van der Waals surface area (Å²) in [6.45, 7) is 0.398. The normalized spacial score (nSPS) is 11.5. The van der Waals surface area contributed by atoms with Crippen LogP contribution in [-0.2, 0) is 16.0 Å². The highest BCUT2D eigenvalue weighted by Gasteiger charge is 2.19. The van der Waals surface area contributed by atoms with Gasteiger partial charge in [-0.2, -0.15) is 0 Å². The van der Waals surface area contributed by atoms with Gasteiger partial charge in [0.25, 0.3) is 11.8 Å². The van der Waals surface area contributed by atoms with Crippen LogP contribution >= 0.6 is 0 Å². The van der Waals surface area contributed by atoms with E-state index in [1.54, 1.807) is 36.4 Å². The van der Waals surface area contributed by atoms with Gasteiger partial charge in [0.05, 0.1) is 23.7 Å². The first-order valence-corrected chi connectivity index (χ1v) is 11.9. The number of rotatable bonds is 12. The molecule has 3 aromatic carbocycles. The summed E-state index contributed by atoms with van der Waals surface area (Å²) in [5.41, 5.74) is 12.3. The summed E-state index contributed by atoms with van der Waals surface area (Å²) in [6.07, 6.45) is 1.56. The Hall–Kier alpha value is -4.44. The van der Waals surface area contributed by atoms with Crippen molar-refractivity contribution in [3.05, 3.63) is 77.4 Å². The highest BCUT2D eigenvalue weighted by molar-refractivity contribution is 6.11. The van der Waals surface area contributed by atoms with Crippen molar-refractivity contribution in [2.24, 2.45) is 11.5 Å². The number of fused-ring (bicyclic) bond motifs is 1. The third kappa shape index (κ3) is 8.04. The lowest BCUT2D eigenvalue weighted by atomic mass is 9.99. The van der Waals surface area contributed by atoms with Gasteiger partial charge in [-0.15, -0.1) is 0 Å². The van der Waals surface area contributed by atoms with Gasteiger partial charge in [-0.05, 0) is 59.9 Å². The molecule has 10 heteroatoms. The number of benzene rings is 3. The molecule has 0 spiro atoms. The molecule has 0 aliphatic heterocycles. The molecule has 1 atom stereocenters. The fourth-order valence-corrected chi connectivity index (χ4v) is 3.75. The second-order valence-electron chi connectivity index (χ2n) is 8.63. The molecule has 0 radical (unpaired) electrons. The van der Waals surface area contributed by atoms with Crippen LogP contribution in [0.4, 0.5) is 0 Å². The van der Waals surface area contributed by atoms with Crippen LogP contribution in [0.1, 0.15) is 39.1 Å². The van der Waals surface area contributed by atoms with Gasteiger partial charge in [-0.3, -0.25) is 19.2 Å². The molecule has 0 heterocycles. The number of phenolic OH excluding ortho intramolecular Hbond substituents is 1. The molecule has 10 nitrogen and oxygen atoms in total. The minimum absolute atomic E-state index is 0.146. The first-order chi connectivity index (χ1) is 17.7. The highest BCUT2D eigenvalue weighted by atomic mass is 16.3. The topological polar surface area (TPSA) is 177 Å². The average Bonchev–Trinajstić information content (AvgIpc) is 2.89. The lowest BCUT2D eigenvalue weighted by molar-refractivity contribution is -0.122. The van der Waals surface area contributed by atoms with E-state index in [0.717, 1.165) is 16.3 Å². The van der Waals surface area contributed by atoms with E-state index in [1.165, 1.54) is 0 Å². The van der Waals surface area contributed by atoms with Crippen molar-refractivity contribution in [3.8, 4) is 5.75 Å². The van der Waals surface area contributed by atoms with E-state index in [2.05, 4.69) is 16.0 Å². The molecule has 1 unspecified atom stereocenters. The Labute approximate surface area is 214 Å². The quantitative estimate of drug-likeness (QED) is 0.200. The summed E-state index contributed by atoms with van der Waals surface area (Å²) in [4.78, 5) is 48.8. The Bertz CT molecular complexity index is 1280. The van der Waals surface area contributed by atoms with Crippen LogP contribution in [0, 0.1) is 0 Å². The molecule has 8 N–H and O–H groups in total. The van der Waals surface area contributed by atoms with Crippen LogP contribution in [0.3, 0.4) is 0 Å². The Balaban J connectivity index is 1.48. The summed E-state index contributed by atoms with van der Waals surface area (Å²) in [6, 6.07) is 16.4. The molecule has 37 heavy (non-hydrogen) atoms. The first kappa shape index (κ1) is 27.2. The Kier molecular flexibility index (Phi) is 9.56. The minimum atomic E-state index is -0.712. The number of amides is 4. The molecule has 0 saturated heterocycles. The maximum absolute atomic E-state index is 12.9. The van der Waals surface area contributed by atoms with Crippen LogP contribution in [0.5, 0.6) is 5.75 Å². The first-order valence-electron chi connectivity index (χ1n) is 11.9. The molecule has 0 aromatic heterocycles. The molecule has 0 fully saturated rings. The number of nitrogens with two attached hydrogens (primary N) is 2. The standard InChI is InChI=1S/C27H31N5O5/c28-23(13-17-7-9-20(33)10-8-17)27(37)31-12-4-3-11-30-25(35)21-14-18-5-1-2-6-19(18)15-22(21)26(36)32-16-24(29)34/h1-2,5-10,14-15,23,33H,3-4,11-13,16,28H2,(H2,29,34)(H,30,35)(H,31,37)(H,32,36). The molecule has 3 rings (SSSR count). The van der Waals surface area contributed by atoms with Crippen molar-refractivity contribution in [2.75, 3.05) is 19.6 Å². The van der Waals surface area contributed by atoms with Gasteiger partial charge in [0.15, 0.2) is 0 Å². The predicted octanol–water partition coefficient (Wildman–Crippen LogP) is 0.957. The predicted molar refractivity (Wildman–Crippen MR) is 140 cm³/mol. The number of carbonyl (C=O) groups excluding carboxylic acids is 4. The van der Waals surface area contributed by atoms with Gasteiger partial charge in [0, 0.05) is 13.1 Å². The van der Waals surface area contributed by atoms with Crippen molar-refractivity contribution in [1.82, 2.24) is 16.0 Å². The fourth-order valence-electron chi connectivity index (χ4n) is 3.75. The summed E-state index contributed by atoms with van der Waals surface area (Å²) >= 11 is 0. The van der Waals surface area contributed by atoms with Crippen LogP contribution in [0.25, 0.3) is 10.8 Å². The van der Waals surface area contributed by atoms with Crippen LogP contribution in [0.15, 0.2) is 60.7 Å². The SMILES string of the molecule is NC(=O)CNC(=O)c1cc2ccccc2cc1C(=O)NCCCCNC(=O)C(N)Cc1ccc(O)cc1. The lowest BCUT2D eigenvalue weighted by Gasteiger charge is -2.13. The van der Waals surface area contributed by atoms with Gasteiger partial charge < -0.3 is 32.5 Å². The van der Waals surface area contributed by atoms with Gasteiger partial charge in [0.2, 0.25) is 11.8 Å². The van der Waals surface area contributed by atoms with Gasteiger partial charge in [0.1, 0.15) is 5.75 Å². The number of hydrogen-bond acceptors (Lipinski definition) is 6. The number of primary amides is 1. The zero-order valence-electron chi connectivity index (χ0n) is 20.3. The molecular formula is C27H31N5O5. The smallest absolute Gasteiger partial charge is 0.252 e. The number of nitrogens with one attached hydrogen (secondary N) is 3. The van der Waals surface area contributed by atoms with E-state index in [4.69, 9.17) is 11.5 Å². The summed E-state index contributed by atoms with van der Waals surface area (Å²) < 4.78 is 0. The second kappa shape index (κ2) is 13.0. The van der Waals surface area contributed by atoms with Gasteiger partial charge in [-0.1, -0.05) is 36.4 Å². The Morgan fingerprint density at radius 2 is 1.32 bits per heavy atom. The highest BCUT2D eigenvalue weighted by Crippen LogP contribution is 2.20. The number of carbonyl (C=O) groups is 4. The largest absolute Gasteiger partial charge is 0.508 e. The van der Waals surface area contributed by atoms with Crippen molar-refractivity contribution in [1.29, 1.82) is 0 Å². The lowest BCUT2D eigenvalue weighted by Crippen LogP contribution is -2.42. The minimum Gasteiger partial charge on any atom is -0.508 e. The van der Waals surface area contributed by atoms with Crippen LogP contribution in [0.2, 0.25) is 0 Å². The molecule has 4 amide bonds. The van der Waals surface area contributed by atoms with Gasteiger partial charge in [-0.25, -0.2) is 0 Å². The van der Waals surface area contributed by atoms with Crippen molar-refractivity contribution in [3.63, 3.8) is 0 Å². The molecule has 0 aliphatic carbocycles. The van der Waals surface area contributed by atoms with Crippen LogP contribution in [-0.4, -0.2) is 54.4 Å². The van der Waals surface area contributed by atoms with E-state index >= 15 is 0 Å². The van der Waals surface area contributed by atoms with Crippen molar-refractivity contribution < 1.29 is 24.3 Å².